The van der Waals surface area contributed by atoms with E-state index in [-0.39, 0.29) is 28.6 Å². The van der Waals surface area contributed by atoms with E-state index in [4.69, 9.17) is 21.1 Å². The average molecular weight is 542 g/mol. The maximum Gasteiger partial charge on any atom is 0.194 e. The van der Waals surface area contributed by atoms with Gasteiger partial charge in [-0.1, -0.05) is 28.6 Å². The van der Waals surface area contributed by atoms with Crippen LogP contribution >= 0.6 is 23.4 Å². The fourth-order valence-corrected chi connectivity index (χ4v) is 5.26. The Morgan fingerprint density at radius 3 is 2.64 bits per heavy atom. The smallest absolute Gasteiger partial charge is 0.194 e. The van der Waals surface area contributed by atoms with Gasteiger partial charge in [0, 0.05) is 23.3 Å². The number of hydrogen-bond donors (Lipinski definition) is 2. The van der Waals surface area contributed by atoms with Crippen LogP contribution in [0.15, 0.2) is 35.5 Å². The molecule has 1 aliphatic heterocycles. The lowest BCUT2D eigenvalue weighted by molar-refractivity contribution is -0.191. The van der Waals surface area contributed by atoms with Crippen LogP contribution < -0.4 is 0 Å². The summed E-state index contributed by atoms with van der Waals surface area (Å²) in [6.45, 7) is 1.37. The number of aliphatic hydroxyl groups is 2. The predicted octanol–water partition coefficient (Wildman–Crippen LogP) is 3.10. The molecule has 1 saturated heterocycles. The van der Waals surface area contributed by atoms with Crippen molar-refractivity contribution in [1.82, 2.24) is 20.0 Å². The maximum atomic E-state index is 13.7. The van der Waals surface area contributed by atoms with Crippen molar-refractivity contribution < 1.29 is 32.9 Å². The summed E-state index contributed by atoms with van der Waals surface area (Å²) in [6, 6.07) is 4.08. The second kappa shape index (κ2) is 11.1. The molecule has 0 spiro atoms. The highest BCUT2D eigenvalue weighted by molar-refractivity contribution is 7.99. The van der Waals surface area contributed by atoms with Gasteiger partial charge in [-0.2, -0.15) is 5.26 Å². The molecule has 0 radical (unpaired) electrons. The van der Waals surface area contributed by atoms with Crippen molar-refractivity contribution in [3.63, 3.8) is 0 Å². The van der Waals surface area contributed by atoms with Crippen molar-refractivity contribution in [2.24, 2.45) is 0 Å². The van der Waals surface area contributed by atoms with Gasteiger partial charge in [0.05, 0.1) is 17.8 Å². The zero-order valence-corrected chi connectivity index (χ0v) is 20.1. The van der Waals surface area contributed by atoms with E-state index < -0.39 is 53.8 Å². The number of aromatic nitrogens is 4. The Balaban J connectivity index is 1.72. The minimum absolute atomic E-state index is 0.0114. The van der Waals surface area contributed by atoms with Crippen molar-refractivity contribution in [2.45, 2.75) is 41.6 Å². The van der Waals surface area contributed by atoms with Gasteiger partial charge in [0.25, 0.3) is 0 Å². The second-order valence-corrected chi connectivity index (χ2v) is 9.27. The van der Waals surface area contributed by atoms with Crippen LogP contribution in [0.5, 0.6) is 0 Å². The first-order valence-corrected chi connectivity index (χ1v) is 11.9. The highest BCUT2D eigenvalue weighted by Crippen LogP contribution is 2.41. The molecule has 2 N–H and O–H groups in total. The summed E-state index contributed by atoms with van der Waals surface area (Å²) in [7, 11) is 0. The molecule has 4 rings (SSSR count). The van der Waals surface area contributed by atoms with E-state index in [2.05, 4.69) is 15.3 Å². The molecule has 3 aromatic rings. The van der Waals surface area contributed by atoms with Gasteiger partial charge in [0.1, 0.15) is 41.6 Å². The number of aliphatic hydroxyl groups excluding tert-OH is 2. The number of nitriles is 1. The summed E-state index contributed by atoms with van der Waals surface area (Å²) in [5.41, 5.74) is -0.830. The Hall–Kier alpha value is -2.73. The monoisotopic (exact) mass is 541 g/mol. The fourth-order valence-electron chi connectivity index (χ4n) is 3.81. The standard InChI is InChI=1S/C22H19ClF3N5O4S/c1-2-34-21-19(31-8-15(29-30-31)10-3-12(24)18(26)13(25)4-10)20(33)16(9-32)35-22(21)36-17-5-11(23)7-28-14(17)6-27/h3-5,7-8,16,19-22,32-33H,2,9H2,1H3/t16?,19?,20-,21?,22+/m0/s1. The van der Waals surface area contributed by atoms with Crippen LogP contribution in [0, 0.1) is 28.8 Å². The molecule has 3 unspecified atom stereocenters. The molecular formula is C22H19ClF3N5O4S. The number of nitrogens with zero attached hydrogens (tertiary/aromatic N) is 5. The van der Waals surface area contributed by atoms with Crippen molar-refractivity contribution in [3.8, 4) is 17.3 Å². The van der Waals surface area contributed by atoms with Crippen molar-refractivity contribution in [3.05, 3.63) is 58.8 Å². The second-order valence-electron chi connectivity index (χ2n) is 7.69. The third-order valence-corrected chi connectivity index (χ3v) is 6.83. The van der Waals surface area contributed by atoms with E-state index >= 15 is 0 Å². The van der Waals surface area contributed by atoms with Gasteiger partial charge in [-0.15, -0.1) is 5.10 Å². The molecule has 2 aromatic heterocycles. The summed E-state index contributed by atoms with van der Waals surface area (Å²) in [5, 5.41) is 38.5. The van der Waals surface area contributed by atoms with E-state index in [1.54, 1.807) is 6.92 Å². The first kappa shape index (κ1) is 26.3. The van der Waals surface area contributed by atoms with Gasteiger partial charge in [0.2, 0.25) is 0 Å². The quantitative estimate of drug-likeness (QED) is 0.434. The third kappa shape index (κ3) is 5.19. The molecule has 1 fully saturated rings. The molecule has 5 atom stereocenters. The van der Waals surface area contributed by atoms with Gasteiger partial charge < -0.3 is 19.7 Å². The molecule has 3 heterocycles. The van der Waals surface area contributed by atoms with Crippen LogP contribution in [0.2, 0.25) is 5.02 Å². The summed E-state index contributed by atoms with van der Waals surface area (Å²) < 4.78 is 53.9. The third-order valence-electron chi connectivity index (χ3n) is 5.45. The van der Waals surface area contributed by atoms with Gasteiger partial charge in [-0.05, 0) is 25.1 Å². The Kier molecular flexibility index (Phi) is 8.13. The largest absolute Gasteiger partial charge is 0.394 e. The SMILES string of the molecule is CCOC1C(n2cc(-c3cc(F)c(F)c(F)c3)nn2)[C@@H](O)C(CO)O[C@@H]1Sc1cc(Cl)cnc1C#N. The van der Waals surface area contributed by atoms with Gasteiger partial charge in [-0.25, -0.2) is 22.8 Å². The molecule has 36 heavy (non-hydrogen) atoms. The van der Waals surface area contributed by atoms with Crippen LogP contribution in [0.3, 0.4) is 0 Å². The number of ether oxygens (including phenoxy) is 2. The highest BCUT2D eigenvalue weighted by atomic mass is 35.5. The molecule has 0 amide bonds. The van der Waals surface area contributed by atoms with E-state index in [0.29, 0.717) is 4.90 Å². The maximum absolute atomic E-state index is 13.7. The zero-order valence-electron chi connectivity index (χ0n) is 18.6. The first-order chi connectivity index (χ1) is 17.3. The number of benzene rings is 1. The molecule has 1 aliphatic rings. The van der Waals surface area contributed by atoms with Crippen LogP contribution in [0.1, 0.15) is 18.7 Å². The van der Waals surface area contributed by atoms with Crippen LogP contribution in [-0.2, 0) is 9.47 Å². The molecule has 1 aromatic carbocycles. The normalized spacial score (nSPS) is 24.0. The number of thioether (sulfide) groups is 1. The molecule has 0 saturated carbocycles. The molecule has 14 heteroatoms. The van der Waals surface area contributed by atoms with Gasteiger partial charge >= 0.3 is 0 Å². The summed E-state index contributed by atoms with van der Waals surface area (Å²) in [5.74, 6) is -4.39. The first-order valence-electron chi connectivity index (χ1n) is 10.6. The van der Waals surface area contributed by atoms with Crippen LogP contribution in [0.4, 0.5) is 13.2 Å². The minimum atomic E-state index is -1.61. The topological polar surface area (TPSA) is 126 Å². The lowest BCUT2D eigenvalue weighted by atomic mass is 9.97. The molecule has 9 nitrogen and oxygen atoms in total. The van der Waals surface area contributed by atoms with Crippen LogP contribution in [0.25, 0.3) is 11.3 Å². The fraction of sp³-hybridized carbons (Fsp3) is 0.364. The van der Waals surface area contributed by atoms with E-state index in [1.807, 2.05) is 6.07 Å². The number of halogens is 4. The summed E-state index contributed by atoms with van der Waals surface area (Å²) >= 11 is 7.11. The van der Waals surface area contributed by atoms with E-state index in [0.717, 1.165) is 23.9 Å². The van der Waals surface area contributed by atoms with Gasteiger partial charge in [-0.3, -0.25) is 0 Å². The van der Waals surface area contributed by atoms with Gasteiger partial charge in [0.15, 0.2) is 23.1 Å². The summed E-state index contributed by atoms with van der Waals surface area (Å²) in [6.07, 6.45) is -0.648. The molecular weight excluding hydrogens is 523 g/mol. The average Bonchev–Trinajstić information content (AvgIpc) is 3.34. The Morgan fingerprint density at radius 1 is 1.28 bits per heavy atom. The lowest BCUT2D eigenvalue weighted by Crippen LogP contribution is -2.55. The summed E-state index contributed by atoms with van der Waals surface area (Å²) in [4.78, 5) is 4.39. The number of pyridine rings is 1. The lowest BCUT2D eigenvalue weighted by Gasteiger charge is -2.43. The molecule has 0 bridgehead atoms. The van der Waals surface area contributed by atoms with Crippen molar-refractivity contribution >= 4 is 23.4 Å². The predicted molar refractivity (Wildman–Crippen MR) is 121 cm³/mol. The Morgan fingerprint density at radius 2 is 2.00 bits per heavy atom. The number of rotatable bonds is 7. The number of hydrogen-bond acceptors (Lipinski definition) is 9. The van der Waals surface area contributed by atoms with E-state index in [9.17, 15) is 28.6 Å². The minimum Gasteiger partial charge on any atom is -0.394 e. The highest BCUT2D eigenvalue weighted by Gasteiger charge is 2.48. The van der Waals surface area contributed by atoms with Crippen LogP contribution in [-0.4, -0.2) is 67.2 Å². The molecule has 0 aliphatic carbocycles. The molecule has 190 valence electrons. The van der Waals surface area contributed by atoms with Crippen molar-refractivity contribution in [1.29, 1.82) is 5.26 Å². The Bertz CT molecular complexity index is 1270. The zero-order chi connectivity index (χ0) is 26.0. The van der Waals surface area contributed by atoms with Crippen molar-refractivity contribution in [2.75, 3.05) is 13.2 Å². The van der Waals surface area contributed by atoms with E-state index in [1.165, 1.54) is 23.1 Å². The Labute approximate surface area is 212 Å².